The minimum Gasteiger partial charge on any atom is -0.508 e. The summed E-state index contributed by atoms with van der Waals surface area (Å²) in [6.07, 6.45) is 1.10. The second-order valence-corrected chi connectivity index (χ2v) is 4.89. The summed E-state index contributed by atoms with van der Waals surface area (Å²) < 4.78 is 0. The number of fused-ring (bicyclic) bond motifs is 1. The van der Waals surface area contributed by atoms with Gasteiger partial charge in [-0.1, -0.05) is 6.92 Å². The molecule has 0 aliphatic carbocycles. The predicted molar refractivity (Wildman–Crippen MR) is 58.8 cm³/mol. The Labute approximate surface area is 85.0 Å². The Morgan fingerprint density at radius 2 is 2.14 bits per heavy atom. The van der Waals surface area contributed by atoms with Crippen LogP contribution in [0.25, 0.3) is 0 Å². The standard InChI is InChI=1S/C12H17NO/c1-8-7-12(2,3)13-11-5-4-9(14)6-10(8)11/h4-6,8,13-14H,7H2,1-3H3/t8-/m0/s1. The fourth-order valence-corrected chi connectivity index (χ4v) is 2.36. The van der Waals surface area contributed by atoms with Crippen molar-refractivity contribution in [2.75, 3.05) is 5.32 Å². The summed E-state index contributed by atoms with van der Waals surface area (Å²) in [6, 6.07) is 5.56. The van der Waals surface area contributed by atoms with Crippen LogP contribution >= 0.6 is 0 Å². The monoisotopic (exact) mass is 191 g/mol. The van der Waals surface area contributed by atoms with Crippen LogP contribution in [0.5, 0.6) is 5.75 Å². The Balaban J connectivity index is 2.45. The SMILES string of the molecule is C[C@H]1CC(C)(C)Nc2ccc(O)cc21. The highest BCUT2D eigenvalue weighted by atomic mass is 16.3. The maximum absolute atomic E-state index is 9.41. The number of rotatable bonds is 0. The summed E-state index contributed by atoms with van der Waals surface area (Å²) in [4.78, 5) is 0. The van der Waals surface area contributed by atoms with Crippen LogP contribution in [0.15, 0.2) is 18.2 Å². The van der Waals surface area contributed by atoms with E-state index >= 15 is 0 Å². The Hall–Kier alpha value is -1.18. The van der Waals surface area contributed by atoms with Gasteiger partial charge in [0.2, 0.25) is 0 Å². The van der Waals surface area contributed by atoms with E-state index in [1.807, 2.05) is 12.1 Å². The van der Waals surface area contributed by atoms with Crippen molar-refractivity contribution < 1.29 is 5.11 Å². The molecule has 0 spiro atoms. The van der Waals surface area contributed by atoms with Crippen molar-refractivity contribution in [3.63, 3.8) is 0 Å². The molecule has 2 heteroatoms. The molecule has 2 nitrogen and oxygen atoms in total. The van der Waals surface area contributed by atoms with Crippen molar-refractivity contribution in [1.82, 2.24) is 0 Å². The van der Waals surface area contributed by atoms with E-state index in [-0.39, 0.29) is 5.54 Å². The first-order valence-corrected chi connectivity index (χ1v) is 5.09. The molecule has 0 aromatic heterocycles. The molecule has 0 saturated heterocycles. The summed E-state index contributed by atoms with van der Waals surface area (Å²) in [5.41, 5.74) is 2.54. The van der Waals surface area contributed by atoms with Gasteiger partial charge in [-0.05, 0) is 49.9 Å². The first-order valence-electron chi connectivity index (χ1n) is 5.09. The highest BCUT2D eigenvalue weighted by Gasteiger charge is 2.28. The molecule has 1 atom stereocenters. The van der Waals surface area contributed by atoms with Gasteiger partial charge in [0.15, 0.2) is 0 Å². The Morgan fingerprint density at radius 1 is 1.43 bits per heavy atom. The zero-order valence-electron chi connectivity index (χ0n) is 8.96. The van der Waals surface area contributed by atoms with Gasteiger partial charge in [0.25, 0.3) is 0 Å². The molecule has 1 heterocycles. The van der Waals surface area contributed by atoms with Crippen LogP contribution in [0.3, 0.4) is 0 Å². The Bertz CT molecular complexity index is 357. The second kappa shape index (κ2) is 2.91. The van der Waals surface area contributed by atoms with Gasteiger partial charge >= 0.3 is 0 Å². The van der Waals surface area contributed by atoms with Gasteiger partial charge in [0, 0.05) is 11.2 Å². The van der Waals surface area contributed by atoms with Crippen LogP contribution in [-0.4, -0.2) is 10.6 Å². The molecule has 1 aliphatic rings. The molecule has 0 saturated carbocycles. The lowest BCUT2D eigenvalue weighted by Gasteiger charge is -2.37. The quantitative estimate of drug-likeness (QED) is 0.618. The molecule has 1 aliphatic heterocycles. The molecule has 76 valence electrons. The molecule has 0 radical (unpaired) electrons. The first-order chi connectivity index (χ1) is 6.48. The third-order valence-corrected chi connectivity index (χ3v) is 2.86. The normalized spacial score (nSPS) is 23.8. The molecule has 1 aromatic rings. The van der Waals surface area contributed by atoms with Crippen molar-refractivity contribution in [3.8, 4) is 5.75 Å². The lowest BCUT2D eigenvalue weighted by atomic mass is 9.82. The van der Waals surface area contributed by atoms with Crippen LogP contribution in [0, 0.1) is 0 Å². The van der Waals surface area contributed by atoms with Gasteiger partial charge in [-0.3, -0.25) is 0 Å². The summed E-state index contributed by atoms with van der Waals surface area (Å²) in [5.74, 6) is 0.866. The third-order valence-electron chi connectivity index (χ3n) is 2.86. The largest absolute Gasteiger partial charge is 0.508 e. The van der Waals surface area contributed by atoms with Crippen LogP contribution in [-0.2, 0) is 0 Å². The molecule has 0 amide bonds. The zero-order chi connectivity index (χ0) is 10.3. The van der Waals surface area contributed by atoms with Gasteiger partial charge in [0.05, 0.1) is 0 Å². The minimum absolute atomic E-state index is 0.156. The second-order valence-electron chi connectivity index (χ2n) is 4.89. The maximum Gasteiger partial charge on any atom is 0.116 e. The van der Waals surface area contributed by atoms with E-state index in [1.165, 1.54) is 5.56 Å². The van der Waals surface area contributed by atoms with Crippen LogP contribution in [0.2, 0.25) is 0 Å². The smallest absolute Gasteiger partial charge is 0.116 e. The van der Waals surface area contributed by atoms with Crippen molar-refractivity contribution in [1.29, 1.82) is 0 Å². The Kier molecular flexibility index (Phi) is 1.95. The molecule has 1 aromatic carbocycles. The molecule has 2 rings (SSSR count). The number of hydrogen-bond donors (Lipinski definition) is 2. The highest BCUT2D eigenvalue weighted by Crippen LogP contribution is 2.39. The van der Waals surface area contributed by atoms with Gasteiger partial charge < -0.3 is 10.4 Å². The lowest BCUT2D eigenvalue weighted by molar-refractivity contribution is 0.446. The molecular formula is C12H17NO. The minimum atomic E-state index is 0.156. The zero-order valence-corrected chi connectivity index (χ0v) is 8.96. The maximum atomic E-state index is 9.41. The van der Waals surface area contributed by atoms with E-state index in [9.17, 15) is 5.11 Å². The molecule has 0 fully saturated rings. The number of hydrogen-bond acceptors (Lipinski definition) is 2. The molecule has 2 N–H and O–H groups in total. The third kappa shape index (κ3) is 1.57. The number of phenols is 1. The molecule has 0 bridgehead atoms. The number of aromatic hydroxyl groups is 1. The van der Waals surface area contributed by atoms with E-state index < -0.39 is 0 Å². The van der Waals surface area contributed by atoms with E-state index in [2.05, 4.69) is 26.1 Å². The fraction of sp³-hybridized carbons (Fsp3) is 0.500. The Morgan fingerprint density at radius 3 is 2.86 bits per heavy atom. The number of phenolic OH excluding ortho intramolecular Hbond substituents is 1. The summed E-state index contributed by atoms with van der Waals surface area (Å²) in [5, 5.41) is 12.9. The van der Waals surface area contributed by atoms with Gasteiger partial charge in [-0.15, -0.1) is 0 Å². The summed E-state index contributed by atoms with van der Waals surface area (Å²) in [6.45, 7) is 6.62. The lowest BCUT2D eigenvalue weighted by Crippen LogP contribution is -2.36. The molecule has 0 unspecified atom stereocenters. The van der Waals surface area contributed by atoms with E-state index in [0.717, 1.165) is 12.1 Å². The van der Waals surface area contributed by atoms with Crippen molar-refractivity contribution in [2.45, 2.75) is 38.6 Å². The first kappa shape index (κ1) is 9.38. The van der Waals surface area contributed by atoms with Crippen LogP contribution in [0.4, 0.5) is 5.69 Å². The molecular weight excluding hydrogens is 174 g/mol. The molecule has 14 heavy (non-hydrogen) atoms. The van der Waals surface area contributed by atoms with Crippen LogP contribution < -0.4 is 5.32 Å². The van der Waals surface area contributed by atoms with Gasteiger partial charge in [-0.25, -0.2) is 0 Å². The summed E-state index contributed by atoms with van der Waals surface area (Å²) in [7, 11) is 0. The average Bonchev–Trinajstić information content (AvgIpc) is 2.05. The van der Waals surface area contributed by atoms with Crippen molar-refractivity contribution in [2.24, 2.45) is 0 Å². The topological polar surface area (TPSA) is 32.3 Å². The van der Waals surface area contributed by atoms with Crippen molar-refractivity contribution >= 4 is 5.69 Å². The number of anilines is 1. The summed E-state index contributed by atoms with van der Waals surface area (Å²) >= 11 is 0. The van der Waals surface area contributed by atoms with Gasteiger partial charge in [0.1, 0.15) is 5.75 Å². The average molecular weight is 191 g/mol. The number of nitrogens with one attached hydrogen (secondary N) is 1. The number of benzene rings is 1. The van der Waals surface area contributed by atoms with Crippen molar-refractivity contribution in [3.05, 3.63) is 23.8 Å². The highest BCUT2D eigenvalue weighted by molar-refractivity contribution is 5.59. The van der Waals surface area contributed by atoms with E-state index in [4.69, 9.17) is 0 Å². The van der Waals surface area contributed by atoms with E-state index in [1.54, 1.807) is 6.07 Å². The predicted octanol–water partition coefficient (Wildman–Crippen LogP) is 3.09. The fourth-order valence-electron chi connectivity index (χ4n) is 2.36. The van der Waals surface area contributed by atoms with Crippen LogP contribution in [0.1, 0.15) is 38.7 Å². The van der Waals surface area contributed by atoms with E-state index in [0.29, 0.717) is 11.7 Å². The van der Waals surface area contributed by atoms with Gasteiger partial charge in [-0.2, -0.15) is 0 Å².